The van der Waals surface area contributed by atoms with Crippen molar-refractivity contribution in [2.24, 2.45) is 11.7 Å². The SMILES string of the molecule is CC(C(N)C1CCOC2(CCSC2)C1)S(C)(=O)=O. The molecule has 4 unspecified atom stereocenters. The van der Waals surface area contributed by atoms with E-state index in [0.29, 0.717) is 0 Å². The zero-order valence-electron chi connectivity index (χ0n) is 11.1. The molecule has 4 atom stereocenters. The summed E-state index contributed by atoms with van der Waals surface area (Å²) in [5, 5.41) is -0.466. The van der Waals surface area contributed by atoms with Crippen molar-refractivity contribution in [1.29, 1.82) is 0 Å². The Balaban J connectivity index is 2.04. The summed E-state index contributed by atoms with van der Waals surface area (Å²) in [4.78, 5) is 0. The van der Waals surface area contributed by atoms with Crippen LogP contribution in [0.2, 0.25) is 0 Å². The van der Waals surface area contributed by atoms with Gasteiger partial charge in [-0.05, 0) is 37.9 Å². The van der Waals surface area contributed by atoms with Gasteiger partial charge in [0.05, 0.1) is 10.9 Å². The van der Waals surface area contributed by atoms with Crippen molar-refractivity contribution in [1.82, 2.24) is 0 Å². The highest BCUT2D eigenvalue weighted by Gasteiger charge is 2.43. The molecule has 6 heteroatoms. The van der Waals surface area contributed by atoms with Crippen LogP contribution in [-0.2, 0) is 14.6 Å². The normalized spacial score (nSPS) is 36.7. The second-order valence-corrected chi connectivity index (χ2v) is 9.21. The number of rotatable bonds is 3. The van der Waals surface area contributed by atoms with Crippen LogP contribution in [0, 0.1) is 5.92 Å². The lowest BCUT2D eigenvalue weighted by molar-refractivity contribution is -0.0831. The van der Waals surface area contributed by atoms with Gasteiger partial charge in [-0.25, -0.2) is 8.42 Å². The van der Waals surface area contributed by atoms with Crippen molar-refractivity contribution >= 4 is 21.6 Å². The average Bonchev–Trinajstić information content (AvgIpc) is 2.74. The van der Waals surface area contributed by atoms with Crippen LogP contribution in [0.5, 0.6) is 0 Å². The summed E-state index contributed by atoms with van der Waals surface area (Å²) in [6, 6.07) is -0.272. The van der Waals surface area contributed by atoms with E-state index in [4.69, 9.17) is 10.5 Å². The van der Waals surface area contributed by atoms with E-state index in [1.165, 1.54) is 6.26 Å². The van der Waals surface area contributed by atoms with Gasteiger partial charge in [-0.3, -0.25) is 0 Å². The Morgan fingerprint density at radius 3 is 2.78 bits per heavy atom. The van der Waals surface area contributed by atoms with E-state index in [9.17, 15) is 8.42 Å². The van der Waals surface area contributed by atoms with Gasteiger partial charge in [-0.15, -0.1) is 0 Å². The second-order valence-electron chi connectivity index (χ2n) is 5.70. The third kappa shape index (κ3) is 3.03. The predicted molar refractivity (Wildman–Crippen MR) is 75.6 cm³/mol. The predicted octanol–water partition coefficient (Wildman–Crippen LogP) is 1.05. The fraction of sp³-hybridized carbons (Fsp3) is 1.00. The van der Waals surface area contributed by atoms with Crippen molar-refractivity contribution in [3.05, 3.63) is 0 Å². The number of thioether (sulfide) groups is 1. The van der Waals surface area contributed by atoms with E-state index < -0.39 is 15.1 Å². The molecule has 0 aromatic carbocycles. The monoisotopic (exact) mass is 293 g/mol. The van der Waals surface area contributed by atoms with E-state index in [1.54, 1.807) is 6.92 Å². The van der Waals surface area contributed by atoms with Crippen LogP contribution in [0.3, 0.4) is 0 Å². The van der Waals surface area contributed by atoms with E-state index in [1.807, 2.05) is 11.8 Å². The molecule has 1 spiro atoms. The Labute approximate surface area is 114 Å². The Hall–Kier alpha value is 0.220. The molecule has 106 valence electrons. The van der Waals surface area contributed by atoms with E-state index in [0.717, 1.165) is 37.4 Å². The molecule has 0 amide bonds. The third-order valence-electron chi connectivity index (χ3n) is 4.36. The summed E-state index contributed by atoms with van der Waals surface area (Å²) in [6.07, 6.45) is 4.15. The molecule has 0 aromatic rings. The lowest BCUT2D eigenvalue weighted by Crippen LogP contribution is -2.50. The topological polar surface area (TPSA) is 69.4 Å². The molecule has 0 radical (unpaired) electrons. The third-order valence-corrected chi connectivity index (χ3v) is 7.25. The molecule has 2 heterocycles. The Morgan fingerprint density at radius 2 is 2.22 bits per heavy atom. The van der Waals surface area contributed by atoms with Gasteiger partial charge in [0.15, 0.2) is 9.84 Å². The number of nitrogens with two attached hydrogens (primary N) is 1. The fourth-order valence-corrected chi connectivity index (χ4v) is 5.10. The first-order valence-electron chi connectivity index (χ1n) is 6.50. The van der Waals surface area contributed by atoms with Crippen LogP contribution < -0.4 is 5.73 Å². The van der Waals surface area contributed by atoms with Crippen molar-refractivity contribution < 1.29 is 13.2 Å². The lowest BCUT2D eigenvalue weighted by atomic mass is 9.80. The lowest BCUT2D eigenvalue weighted by Gasteiger charge is -2.41. The quantitative estimate of drug-likeness (QED) is 0.842. The fourth-order valence-electron chi connectivity index (χ4n) is 2.93. The van der Waals surface area contributed by atoms with Gasteiger partial charge < -0.3 is 10.5 Å². The van der Waals surface area contributed by atoms with Gasteiger partial charge in [-0.2, -0.15) is 11.8 Å². The van der Waals surface area contributed by atoms with E-state index >= 15 is 0 Å². The van der Waals surface area contributed by atoms with Crippen LogP contribution in [0.4, 0.5) is 0 Å². The smallest absolute Gasteiger partial charge is 0.151 e. The van der Waals surface area contributed by atoms with Crippen LogP contribution in [0.25, 0.3) is 0 Å². The Kier molecular flexibility index (Phi) is 4.31. The zero-order valence-corrected chi connectivity index (χ0v) is 12.7. The number of ether oxygens (including phenoxy) is 1. The molecule has 2 aliphatic rings. The first-order valence-corrected chi connectivity index (χ1v) is 9.61. The van der Waals surface area contributed by atoms with Gasteiger partial charge in [0.25, 0.3) is 0 Å². The molecule has 0 aromatic heterocycles. The zero-order chi connectivity index (χ0) is 13.4. The van der Waals surface area contributed by atoms with Crippen molar-refractivity contribution in [2.45, 2.75) is 43.1 Å². The summed E-state index contributed by atoms with van der Waals surface area (Å²) >= 11 is 1.92. The minimum Gasteiger partial charge on any atom is -0.374 e. The largest absolute Gasteiger partial charge is 0.374 e. The van der Waals surface area contributed by atoms with E-state index in [-0.39, 0.29) is 17.6 Å². The molecule has 4 nitrogen and oxygen atoms in total. The molecule has 18 heavy (non-hydrogen) atoms. The summed E-state index contributed by atoms with van der Waals surface area (Å²) in [5.74, 6) is 2.44. The van der Waals surface area contributed by atoms with Gasteiger partial charge in [0.1, 0.15) is 0 Å². The molecule has 0 bridgehead atoms. The van der Waals surface area contributed by atoms with Gasteiger partial charge in [0.2, 0.25) is 0 Å². The van der Waals surface area contributed by atoms with Crippen molar-refractivity contribution in [2.75, 3.05) is 24.4 Å². The molecular formula is C12H23NO3S2. The first kappa shape index (κ1) is 14.6. The second kappa shape index (κ2) is 5.31. The van der Waals surface area contributed by atoms with Crippen LogP contribution in [0.15, 0.2) is 0 Å². The van der Waals surface area contributed by atoms with Gasteiger partial charge >= 0.3 is 0 Å². The number of hydrogen-bond acceptors (Lipinski definition) is 5. The minimum atomic E-state index is -3.06. The first-order chi connectivity index (χ1) is 8.34. The van der Waals surface area contributed by atoms with Crippen molar-refractivity contribution in [3.63, 3.8) is 0 Å². The molecule has 0 saturated carbocycles. The van der Waals surface area contributed by atoms with Crippen molar-refractivity contribution in [3.8, 4) is 0 Å². The summed E-state index contributed by atoms with van der Waals surface area (Å²) in [5.41, 5.74) is 6.16. The van der Waals surface area contributed by atoms with Gasteiger partial charge in [-0.1, -0.05) is 0 Å². The molecular weight excluding hydrogens is 270 g/mol. The van der Waals surface area contributed by atoms with Crippen LogP contribution in [0.1, 0.15) is 26.2 Å². The van der Waals surface area contributed by atoms with Crippen LogP contribution in [-0.4, -0.2) is 49.7 Å². The van der Waals surface area contributed by atoms with Crippen LogP contribution >= 0.6 is 11.8 Å². The molecule has 0 aliphatic carbocycles. The Bertz CT molecular complexity index is 390. The Morgan fingerprint density at radius 1 is 1.50 bits per heavy atom. The van der Waals surface area contributed by atoms with E-state index in [2.05, 4.69) is 0 Å². The molecule has 2 rings (SSSR count). The standard InChI is InChI=1S/C12H23NO3S2/c1-9(18(2,14)15)11(13)10-3-5-16-12(7-10)4-6-17-8-12/h9-11H,3-8,13H2,1-2H3. The maximum absolute atomic E-state index is 11.6. The highest BCUT2D eigenvalue weighted by atomic mass is 32.2. The minimum absolute atomic E-state index is 0.0254. The molecule has 2 saturated heterocycles. The average molecular weight is 293 g/mol. The number of sulfone groups is 1. The molecule has 2 fully saturated rings. The molecule has 2 aliphatic heterocycles. The highest BCUT2D eigenvalue weighted by molar-refractivity contribution is 7.99. The maximum atomic E-state index is 11.6. The maximum Gasteiger partial charge on any atom is 0.151 e. The number of hydrogen-bond donors (Lipinski definition) is 1. The molecule has 2 N–H and O–H groups in total. The summed E-state index contributed by atoms with van der Waals surface area (Å²) in [7, 11) is -3.06. The highest BCUT2D eigenvalue weighted by Crippen LogP contribution is 2.41. The summed E-state index contributed by atoms with van der Waals surface area (Å²) < 4.78 is 29.2. The summed E-state index contributed by atoms with van der Waals surface area (Å²) in [6.45, 7) is 2.45. The van der Waals surface area contributed by atoms with Gasteiger partial charge in [0, 0.05) is 24.7 Å².